The van der Waals surface area contributed by atoms with Crippen LogP contribution in [0.25, 0.3) is 0 Å². The molecule has 0 atom stereocenters. The smallest absolute Gasteiger partial charge is 0.366 e. The van der Waals surface area contributed by atoms with E-state index in [-0.39, 0.29) is 22.1 Å². The minimum Gasteiger partial charge on any atom is -0.366 e. The molecule has 4 nitrogen and oxygen atoms in total. The van der Waals surface area contributed by atoms with Gasteiger partial charge in [-0.15, -0.1) is 0 Å². The van der Waals surface area contributed by atoms with Crippen molar-refractivity contribution in [3.05, 3.63) is 58.1 Å². The van der Waals surface area contributed by atoms with E-state index < -0.39 is 28.5 Å². The molecule has 1 aliphatic heterocycles. The molecule has 0 spiro atoms. The van der Waals surface area contributed by atoms with Gasteiger partial charge in [-0.2, -0.15) is 13.2 Å². The Morgan fingerprint density at radius 1 is 1.10 bits per heavy atom. The maximum Gasteiger partial charge on any atom is 0.415 e. The Hall–Kier alpha value is -2.28. The summed E-state index contributed by atoms with van der Waals surface area (Å²) in [5.74, 6) is -0.760. The molecule has 160 valence electrons. The van der Waals surface area contributed by atoms with E-state index in [9.17, 15) is 18.0 Å². The first kappa shape index (κ1) is 24.8. The maximum absolute atomic E-state index is 13.8. The summed E-state index contributed by atoms with van der Waals surface area (Å²) in [5, 5.41) is 2.60. The topological polar surface area (TPSA) is 67.5 Å². The lowest BCUT2D eigenvalue weighted by Crippen LogP contribution is -2.32. The molecule has 1 amide bonds. The Morgan fingerprint density at radius 3 is 2.17 bits per heavy atom. The highest BCUT2D eigenvalue weighted by Gasteiger charge is 2.45. The van der Waals surface area contributed by atoms with Crippen molar-refractivity contribution >= 4 is 23.7 Å². The summed E-state index contributed by atoms with van der Waals surface area (Å²) in [7, 11) is 0. The second-order valence-electron chi connectivity index (χ2n) is 7.54. The average molecular weight is 430 g/mol. The molecule has 2 aliphatic rings. The number of nitrogens with zero attached hydrogens (tertiary/aromatic N) is 1. The van der Waals surface area contributed by atoms with Crippen molar-refractivity contribution in [2.24, 2.45) is 21.6 Å². The number of allylic oxidation sites excluding steroid dienone is 5. The molecule has 0 bridgehead atoms. The SMILES string of the molecule is CC.CC1(C)C=CC(NC2=C(C(F)(F)F)C(C)(C)C=NC(Cl)=C2)=C(C(N)=O)C=C1. The number of hydrogen-bond acceptors (Lipinski definition) is 3. The van der Waals surface area contributed by atoms with Crippen LogP contribution < -0.4 is 11.1 Å². The summed E-state index contributed by atoms with van der Waals surface area (Å²) >= 11 is 5.93. The van der Waals surface area contributed by atoms with Crippen LogP contribution >= 0.6 is 11.6 Å². The van der Waals surface area contributed by atoms with Gasteiger partial charge in [0.1, 0.15) is 5.16 Å². The Balaban J connectivity index is 0.00000204. The summed E-state index contributed by atoms with van der Waals surface area (Å²) in [6.07, 6.45) is 4.16. The Morgan fingerprint density at radius 2 is 1.66 bits per heavy atom. The van der Waals surface area contributed by atoms with Gasteiger partial charge in [0.05, 0.1) is 22.5 Å². The molecule has 2 rings (SSSR count). The number of halogens is 4. The summed E-state index contributed by atoms with van der Waals surface area (Å²) in [6.45, 7) is 10.6. The molecule has 0 saturated carbocycles. The lowest BCUT2D eigenvalue weighted by molar-refractivity contribution is -0.114. The number of alkyl halides is 3. The predicted octanol–water partition coefficient (Wildman–Crippen LogP) is 5.50. The number of primary amides is 1. The Bertz CT molecular complexity index is 842. The summed E-state index contributed by atoms with van der Waals surface area (Å²) in [5.41, 5.74) is 2.66. The Kier molecular flexibility index (Phi) is 7.71. The molecule has 3 N–H and O–H groups in total. The van der Waals surface area contributed by atoms with Crippen molar-refractivity contribution in [2.75, 3.05) is 0 Å². The van der Waals surface area contributed by atoms with Gasteiger partial charge in [0.2, 0.25) is 0 Å². The monoisotopic (exact) mass is 429 g/mol. The van der Waals surface area contributed by atoms with Crippen molar-refractivity contribution in [3.8, 4) is 0 Å². The number of nitrogens with one attached hydrogen (secondary N) is 1. The van der Waals surface area contributed by atoms with Crippen LogP contribution in [0.1, 0.15) is 41.5 Å². The maximum atomic E-state index is 13.8. The minimum atomic E-state index is -4.65. The summed E-state index contributed by atoms with van der Waals surface area (Å²) in [6, 6.07) is 0. The van der Waals surface area contributed by atoms with Gasteiger partial charge in [0.15, 0.2) is 0 Å². The van der Waals surface area contributed by atoms with Crippen molar-refractivity contribution < 1.29 is 18.0 Å². The third kappa shape index (κ3) is 6.35. The molecule has 0 radical (unpaired) electrons. The lowest BCUT2D eigenvalue weighted by Gasteiger charge is -2.27. The first-order valence-electron chi connectivity index (χ1n) is 9.17. The van der Waals surface area contributed by atoms with Crippen LogP contribution in [0.5, 0.6) is 0 Å². The average Bonchev–Trinajstić information content (AvgIpc) is 2.79. The van der Waals surface area contributed by atoms with Crippen LogP contribution in [0.2, 0.25) is 0 Å². The molecular weight excluding hydrogens is 403 g/mol. The van der Waals surface area contributed by atoms with Crippen LogP contribution in [-0.2, 0) is 4.79 Å². The van der Waals surface area contributed by atoms with E-state index in [1.807, 2.05) is 27.7 Å². The highest BCUT2D eigenvalue weighted by molar-refractivity contribution is 6.30. The van der Waals surface area contributed by atoms with Crippen LogP contribution in [0.4, 0.5) is 13.2 Å². The van der Waals surface area contributed by atoms with Gasteiger partial charge >= 0.3 is 6.18 Å². The zero-order chi connectivity index (χ0) is 22.6. The van der Waals surface area contributed by atoms with E-state index in [1.54, 1.807) is 18.2 Å². The van der Waals surface area contributed by atoms with Crippen molar-refractivity contribution in [1.29, 1.82) is 0 Å². The fourth-order valence-electron chi connectivity index (χ4n) is 2.78. The van der Waals surface area contributed by atoms with Gasteiger partial charge in [0.25, 0.3) is 5.91 Å². The standard InChI is InChI=1S/C19H21ClF3N3O.C2H6/c1-17(2)7-5-11(16(24)27)12(6-8-17)26-13-9-14(20)25-10-18(3,4)15(13)19(21,22)23;1-2/h5-10,26H,1-4H3,(H2,24,27);1-2H3. The second kappa shape index (κ2) is 9.03. The first-order chi connectivity index (χ1) is 13.2. The molecule has 0 fully saturated rings. The number of carbonyl (C=O) groups is 1. The highest BCUT2D eigenvalue weighted by Crippen LogP contribution is 2.42. The third-order valence-electron chi connectivity index (χ3n) is 4.16. The van der Waals surface area contributed by atoms with Crippen LogP contribution in [0.15, 0.2) is 63.1 Å². The van der Waals surface area contributed by atoms with Crippen LogP contribution in [-0.4, -0.2) is 18.3 Å². The molecule has 29 heavy (non-hydrogen) atoms. The van der Waals surface area contributed by atoms with Crippen molar-refractivity contribution in [3.63, 3.8) is 0 Å². The Labute approximate surface area is 174 Å². The molecular formula is C21H27ClF3N3O. The quantitative estimate of drug-likeness (QED) is 0.581. The third-order valence-corrected chi connectivity index (χ3v) is 4.36. The molecule has 0 aromatic carbocycles. The van der Waals surface area contributed by atoms with Gasteiger partial charge in [0, 0.05) is 17.0 Å². The van der Waals surface area contributed by atoms with Gasteiger partial charge in [-0.1, -0.05) is 71.4 Å². The number of rotatable bonds is 3. The van der Waals surface area contributed by atoms with Gasteiger partial charge in [-0.3, -0.25) is 4.79 Å². The first-order valence-corrected chi connectivity index (χ1v) is 9.55. The second-order valence-corrected chi connectivity index (χ2v) is 7.93. The molecule has 0 unspecified atom stereocenters. The van der Waals surface area contributed by atoms with Gasteiger partial charge in [-0.25, -0.2) is 4.99 Å². The number of nitrogens with two attached hydrogens (primary N) is 1. The van der Waals surface area contributed by atoms with E-state index in [0.717, 1.165) is 12.3 Å². The zero-order valence-electron chi connectivity index (χ0n) is 17.4. The van der Waals surface area contributed by atoms with Crippen molar-refractivity contribution in [1.82, 2.24) is 5.32 Å². The molecule has 1 heterocycles. The number of hydrogen-bond donors (Lipinski definition) is 2. The van der Waals surface area contributed by atoms with Crippen molar-refractivity contribution in [2.45, 2.75) is 47.7 Å². The van der Waals surface area contributed by atoms with Gasteiger partial charge in [-0.05, 0) is 12.2 Å². The van der Waals surface area contributed by atoms with Crippen LogP contribution in [0, 0.1) is 10.8 Å². The fourth-order valence-corrected chi connectivity index (χ4v) is 2.94. The number of aliphatic imine (C=N–C) groups is 1. The van der Waals surface area contributed by atoms with E-state index in [1.165, 1.54) is 19.9 Å². The molecule has 8 heteroatoms. The number of carbonyl (C=O) groups excluding carboxylic acids is 1. The zero-order valence-corrected chi connectivity index (χ0v) is 18.2. The lowest BCUT2D eigenvalue weighted by atomic mass is 9.83. The van der Waals surface area contributed by atoms with Gasteiger partial charge < -0.3 is 11.1 Å². The number of amides is 1. The van der Waals surface area contributed by atoms with Crippen LogP contribution in [0.3, 0.4) is 0 Å². The molecule has 0 saturated heterocycles. The normalized spacial score (nSPS) is 20.4. The largest absolute Gasteiger partial charge is 0.415 e. The van der Waals surface area contributed by atoms with E-state index in [4.69, 9.17) is 17.3 Å². The predicted molar refractivity (Wildman–Crippen MR) is 112 cm³/mol. The minimum absolute atomic E-state index is 0.0679. The summed E-state index contributed by atoms with van der Waals surface area (Å²) in [4.78, 5) is 15.7. The summed E-state index contributed by atoms with van der Waals surface area (Å²) < 4.78 is 41.5. The molecule has 1 aliphatic carbocycles. The molecule has 0 aromatic rings. The fraction of sp³-hybridized carbons (Fsp3) is 0.429. The highest BCUT2D eigenvalue weighted by atomic mass is 35.5. The molecule has 0 aromatic heterocycles. The van der Waals surface area contributed by atoms with E-state index >= 15 is 0 Å². The van der Waals surface area contributed by atoms with E-state index in [2.05, 4.69) is 10.3 Å². The van der Waals surface area contributed by atoms with E-state index in [0.29, 0.717) is 0 Å².